The molecule has 3 aromatic rings. The van der Waals surface area contributed by atoms with Crippen LogP contribution in [0.5, 0.6) is 0 Å². The molecule has 25 heavy (non-hydrogen) atoms. The molecule has 4 rings (SSSR count). The second kappa shape index (κ2) is 7.33. The quantitative estimate of drug-likeness (QED) is 0.746. The van der Waals surface area contributed by atoms with Gasteiger partial charge in [-0.25, -0.2) is 9.97 Å². The van der Waals surface area contributed by atoms with Crippen molar-refractivity contribution in [3.8, 4) is 11.1 Å². The Morgan fingerprint density at radius 1 is 1.16 bits per heavy atom. The van der Waals surface area contributed by atoms with Crippen molar-refractivity contribution in [1.82, 2.24) is 24.7 Å². The van der Waals surface area contributed by atoms with Gasteiger partial charge in [-0.1, -0.05) is 12.8 Å². The number of nitrogens with zero attached hydrogens (tertiary/aromatic N) is 5. The topological polar surface area (TPSA) is 94.5 Å². The zero-order valence-electron chi connectivity index (χ0n) is 14.1. The molecule has 0 spiro atoms. The Balaban J connectivity index is 0.00000182. The monoisotopic (exact) mass is 359 g/mol. The lowest BCUT2D eigenvalue weighted by Crippen LogP contribution is -2.42. The number of fused-ring (bicyclic) bond motifs is 1. The molecule has 1 aliphatic rings. The van der Waals surface area contributed by atoms with Gasteiger partial charge in [0.1, 0.15) is 0 Å². The Labute approximate surface area is 152 Å². The van der Waals surface area contributed by atoms with Gasteiger partial charge < -0.3 is 11.1 Å². The molecule has 1 aliphatic carbocycles. The predicted octanol–water partition coefficient (Wildman–Crippen LogP) is 2.53. The second-order valence-corrected chi connectivity index (χ2v) is 6.42. The molecule has 0 aromatic carbocycles. The van der Waals surface area contributed by atoms with E-state index in [9.17, 15) is 0 Å². The highest BCUT2D eigenvalue weighted by atomic mass is 35.5. The zero-order valence-corrected chi connectivity index (χ0v) is 14.9. The summed E-state index contributed by atoms with van der Waals surface area (Å²) in [6.45, 7) is 0. The lowest BCUT2D eigenvalue weighted by atomic mass is 9.91. The number of hydrogen-bond acceptors (Lipinski definition) is 6. The fraction of sp³-hybridized carbons (Fsp3) is 0.412. The second-order valence-electron chi connectivity index (χ2n) is 6.42. The lowest BCUT2D eigenvalue weighted by molar-refractivity contribution is 0.402. The Morgan fingerprint density at radius 2 is 2.00 bits per heavy atom. The number of anilines is 1. The molecule has 0 saturated heterocycles. The van der Waals surface area contributed by atoms with E-state index in [4.69, 9.17) is 10.7 Å². The first-order chi connectivity index (χ1) is 11.7. The van der Waals surface area contributed by atoms with Gasteiger partial charge in [0.25, 0.3) is 0 Å². The van der Waals surface area contributed by atoms with Gasteiger partial charge in [-0.3, -0.25) is 9.67 Å². The minimum Gasteiger partial charge on any atom is -0.350 e. The van der Waals surface area contributed by atoms with Crippen LogP contribution in [0.2, 0.25) is 0 Å². The van der Waals surface area contributed by atoms with E-state index in [0.29, 0.717) is 5.95 Å². The van der Waals surface area contributed by atoms with Crippen LogP contribution < -0.4 is 11.1 Å². The molecule has 3 heterocycles. The number of pyridine rings is 1. The third-order valence-electron chi connectivity index (χ3n) is 4.64. The molecular weight excluding hydrogens is 338 g/mol. The molecular formula is C17H22ClN7. The molecule has 0 amide bonds. The number of rotatable bonds is 3. The zero-order chi connectivity index (χ0) is 16.5. The molecule has 3 N–H and O–H groups in total. The minimum atomic E-state index is 0. The number of aryl methyl sites for hydroxylation is 1. The van der Waals surface area contributed by atoms with E-state index in [2.05, 4.69) is 20.4 Å². The first kappa shape index (κ1) is 17.6. The van der Waals surface area contributed by atoms with Gasteiger partial charge in [0.05, 0.1) is 11.7 Å². The van der Waals surface area contributed by atoms with Crippen molar-refractivity contribution in [3.05, 3.63) is 31.0 Å². The SMILES string of the molecule is Cl.Cn1cc(-c2cncc3cnc(N[C@@H]4CCCC[C@@H]4N)nc23)cn1. The summed E-state index contributed by atoms with van der Waals surface area (Å²) in [4.78, 5) is 13.5. The van der Waals surface area contributed by atoms with E-state index in [-0.39, 0.29) is 24.5 Å². The van der Waals surface area contributed by atoms with Crippen LogP contribution in [-0.2, 0) is 7.05 Å². The van der Waals surface area contributed by atoms with E-state index in [1.807, 2.05) is 31.8 Å². The van der Waals surface area contributed by atoms with Crippen LogP contribution in [0.25, 0.3) is 22.0 Å². The van der Waals surface area contributed by atoms with Crippen LogP contribution in [0.3, 0.4) is 0 Å². The molecule has 0 radical (unpaired) electrons. The molecule has 1 saturated carbocycles. The summed E-state index contributed by atoms with van der Waals surface area (Å²) in [7, 11) is 1.90. The van der Waals surface area contributed by atoms with Crippen molar-refractivity contribution in [2.45, 2.75) is 37.8 Å². The highest BCUT2D eigenvalue weighted by Crippen LogP contribution is 2.27. The molecule has 132 valence electrons. The number of nitrogens with one attached hydrogen (secondary N) is 1. The number of halogens is 1. The number of hydrogen-bond donors (Lipinski definition) is 2. The van der Waals surface area contributed by atoms with Crippen molar-refractivity contribution < 1.29 is 0 Å². The van der Waals surface area contributed by atoms with Gasteiger partial charge in [-0.05, 0) is 12.8 Å². The van der Waals surface area contributed by atoms with Gasteiger partial charge in [0.2, 0.25) is 5.95 Å². The Morgan fingerprint density at radius 3 is 2.76 bits per heavy atom. The molecule has 0 unspecified atom stereocenters. The van der Waals surface area contributed by atoms with E-state index < -0.39 is 0 Å². The Bertz CT molecular complexity index is 863. The maximum Gasteiger partial charge on any atom is 0.223 e. The summed E-state index contributed by atoms with van der Waals surface area (Å²) >= 11 is 0. The summed E-state index contributed by atoms with van der Waals surface area (Å²) in [6.07, 6.45) is 13.7. The molecule has 0 aliphatic heterocycles. The largest absolute Gasteiger partial charge is 0.350 e. The average Bonchev–Trinajstić information content (AvgIpc) is 3.03. The number of nitrogens with two attached hydrogens (primary N) is 1. The summed E-state index contributed by atoms with van der Waals surface area (Å²) in [5.41, 5.74) is 9.05. The summed E-state index contributed by atoms with van der Waals surface area (Å²) in [5.74, 6) is 0.626. The summed E-state index contributed by atoms with van der Waals surface area (Å²) in [6, 6.07) is 0.396. The van der Waals surface area contributed by atoms with Crippen molar-refractivity contribution in [2.24, 2.45) is 12.8 Å². The van der Waals surface area contributed by atoms with Crippen LogP contribution >= 0.6 is 12.4 Å². The standard InChI is InChI=1S/C17H21N7.ClH/c1-24-10-12(8-21-24)13-9-19-6-11-7-20-17(23-16(11)13)22-15-5-3-2-4-14(15)18;/h6-10,14-15H,2-5,18H2,1H3,(H,20,22,23);1H/t14-,15+;/m0./s1. The van der Waals surface area contributed by atoms with E-state index in [1.54, 1.807) is 10.9 Å². The Kier molecular flexibility index (Phi) is 5.15. The highest BCUT2D eigenvalue weighted by molar-refractivity contribution is 5.92. The first-order valence-corrected chi connectivity index (χ1v) is 8.32. The molecule has 3 aromatic heterocycles. The maximum absolute atomic E-state index is 6.22. The van der Waals surface area contributed by atoms with Gasteiger partial charge >= 0.3 is 0 Å². The van der Waals surface area contributed by atoms with Crippen molar-refractivity contribution in [3.63, 3.8) is 0 Å². The van der Waals surface area contributed by atoms with E-state index in [1.165, 1.54) is 12.8 Å². The number of aromatic nitrogens is 5. The van der Waals surface area contributed by atoms with Crippen LogP contribution in [0, 0.1) is 0 Å². The average molecular weight is 360 g/mol. The first-order valence-electron chi connectivity index (χ1n) is 8.32. The van der Waals surface area contributed by atoms with Crippen LogP contribution in [0.1, 0.15) is 25.7 Å². The normalized spacial score (nSPS) is 20.2. The fourth-order valence-corrected chi connectivity index (χ4v) is 3.30. The van der Waals surface area contributed by atoms with Gasteiger partial charge in [-0.2, -0.15) is 5.10 Å². The molecule has 0 bridgehead atoms. The molecule has 2 atom stereocenters. The van der Waals surface area contributed by atoms with Crippen LogP contribution in [0.4, 0.5) is 5.95 Å². The summed E-state index contributed by atoms with van der Waals surface area (Å²) < 4.78 is 1.77. The minimum absolute atomic E-state index is 0. The van der Waals surface area contributed by atoms with Crippen molar-refractivity contribution in [1.29, 1.82) is 0 Å². The summed E-state index contributed by atoms with van der Waals surface area (Å²) in [5, 5.41) is 8.57. The lowest BCUT2D eigenvalue weighted by Gasteiger charge is -2.29. The predicted molar refractivity (Wildman–Crippen MR) is 101 cm³/mol. The van der Waals surface area contributed by atoms with Gasteiger partial charge in [-0.15, -0.1) is 12.4 Å². The van der Waals surface area contributed by atoms with Crippen LogP contribution in [0.15, 0.2) is 31.0 Å². The van der Waals surface area contributed by atoms with E-state index in [0.717, 1.165) is 34.9 Å². The smallest absolute Gasteiger partial charge is 0.223 e. The van der Waals surface area contributed by atoms with Crippen molar-refractivity contribution in [2.75, 3.05) is 5.32 Å². The molecule has 7 nitrogen and oxygen atoms in total. The van der Waals surface area contributed by atoms with Gasteiger partial charge in [0, 0.05) is 60.4 Å². The van der Waals surface area contributed by atoms with Gasteiger partial charge in [0.15, 0.2) is 0 Å². The Hall–Kier alpha value is -2.25. The molecule has 8 heteroatoms. The third-order valence-corrected chi connectivity index (χ3v) is 4.64. The highest BCUT2D eigenvalue weighted by Gasteiger charge is 2.22. The van der Waals surface area contributed by atoms with E-state index >= 15 is 0 Å². The molecule has 1 fully saturated rings. The van der Waals surface area contributed by atoms with Crippen LogP contribution in [-0.4, -0.2) is 36.8 Å². The maximum atomic E-state index is 6.22. The fourth-order valence-electron chi connectivity index (χ4n) is 3.30. The third kappa shape index (κ3) is 3.57. The van der Waals surface area contributed by atoms with Crippen molar-refractivity contribution >= 4 is 29.3 Å².